The highest BCUT2D eigenvalue weighted by molar-refractivity contribution is 7.89. The summed E-state index contributed by atoms with van der Waals surface area (Å²) in [7, 11) is -3.74. The van der Waals surface area contributed by atoms with Crippen LogP contribution in [0.25, 0.3) is 0 Å². The molecule has 2 aromatic carbocycles. The number of ether oxygens (including phenoxy) is 1. The van der Waals surface area contributed by atoms with Crippen molar-refractivity contribution < 1.29 is 17.9 Å². The van der Waals surface area contributed by atoms with Gasteiger partial charge < -0.3 is 10.1 Å². The molecule has 0 fully saturated rings. The molecule has 8 heteroatoms. The van der Waals surface area contributed by atoms with Gasteiger partial charge in [-0.1, -0.05) is 37.6 Å². The lowest BCUT2D eigenvalue weighted by Crippen LogP contribution is -2.31. The second-order valence-electron chi connectivity index (χ2n) is 6.04. The highest BCUT2D eigenvalue weighted by Gasteiger charge is 2.26. The molecule has 0 heterocycles. The third kappa shape index (κ3) is 5.47. The van der Waals surface area contributed by atoms with Crippen LogP contribution in [0.4, 0.5) is 5.69 Å². The number of anilines is 1. The van der Waals surface area contributed by atoms with Gasteiger partial charge in [0.15, 0.2) is 0 Å². The van der Waals surface area contributed by atoms with Crippen molar-refractivity contribution in [3.8, 4) is 5.75 Å². The first-order chi connectivity index (χ1) is 13.3. The molecule has 0 radical (unpaired) electrons. The molecule has 0 spiro atoms. The number of nitrogens with zero attached hydrogens (tertiary/aromatic N) is 1. The van der Waals surface area contributed by atoms with Gasteiger partial charge in [-0.05, 0) is 42.8 Å². The SMILES string of the molecule is CCOc1ccc(NC(=O)Cc2cccc(Cl)c2)cc1S(=O)(=O)N(CC)CC. The van der Waals surface area contributed by atoms with Crippen molar-refractivity contribution in [3.05, 3.63) is 53.1 Å². The molecule has 2 aromatic rings. The maximum Gasteiger partial charge on any atom is 0.246 e. The summed E-state index contributed by atoms with van der Waals surface area (Å²) in [5, 5.41) is 3.30. The number of hydrogen-bond acceptors (Lipinski definition) is 4. The van der Waals surface area contributed by atoms with Gasteiger partial charge >= 0.3 is 0 Å². The van der Waals surface area contributed by atoms with Crippen LogP contribution >= 0.6 is 11.6 Å². The van der Waals surface area contributed by atoms with Crippen LogP contribution in [0.1, 0.15) is 26.3 Å². The minimum atomic E-state index is -3.74. The Bertz CT molecular complexity index is 928. The number of rotatable bonds is 9. The smallest absolute Gasteiger partial charge is 0.246 e. The Balaban J connectivity index is 2.30. The van der Waals surface area contributed by atoms with E-state index in [2.05, 4.69) is 5.32 Å². The number of benzene rings is 2. The Morgan fingerprint density at radius 2 is 1.82 bits per heavy atom. The first-order valence-electron chi connectivity index (χ1n) is 9.13. The van der Waals surface area contributed by atoms with Gasteiger partial charge in [0.05, 0.1) is 13.0 Å². The maximum atomic E-state index is 13.0. The minimum Gasteiger partial charge on any atom is -0.492 e. The van der Waals surface area contributed by atoms with Crippen molar-refractivity contribution in [2.75, 3.05) is 25.0 Å². The predicted octanol–water partition coefficient (Wildman–Crippen LogP) is 3.95. The Morgan fingerprint density at radius 1 is 1.11 bits per heavy atom. The lowest BCUT2D eigenvalue weighted by atomic mass is 10.1. The van der Waals surface area contributed by atoms with E-state index >= 15 is 0 Å². The Kier molecular flexibility index (Phi) is 7.86. The van der Waals surface area contributed by atoms with E-state index in [-0.39, 0.29) is 23.0 Å². The molecule has 0 aromatic heterocycles. The topological polar surface area (TPSA) is 75.7 Å². The first-order valence-corrected chi connectivity index (χ1v) is 10.9. The molecule has 1 N–H and O–H groups in total. The summed E-state index contributed by atoms with van der Waals surface area (Å²) in [6.45, 7) is 6.36. The Labute approximate surface area is 171 Å². The molecule has 0 saturated carbocycles. The van der Waals surface area contributed by atoms with Crippen molar-refractivity contribution in [3.63, 3.8) is 0 Å². The van der Waals surface area contributed by atoms with E-state index in [9.17, 15) is 13.2 Å². The number of halogens is 1. The normalized spacial score (nSPS) is 11.5. The summed E-state index contributed by atoms with van der Waals surface area (Å²) in [4.78, 5) is 12.4. The lowest BCUT2D eigenvalue weighted by Gasteiger charge is -2.21. The average Bonchev–Trinajstić information content (AvgIpc) is 2.63. The van der Waals surface area contributed by atoms with Crippen LogP contribution in [0, 0.1) is 0 Å². The fourth-order valence-electron chi connectivity index (χ4n) is 2.80. The summed E-state index contributed by atoms with van der Waals surface area (Å²) in [5.41, 5.74) is 1.16. The van der Waals surface area contributed by atoms with Gasteiger partial charge in [-0.25, -0.2) is 8.42 Å². The van der Waals surface area contributed by atoms with Gasteiger partial charge in [-0.15, -0.1) is 0 Å². The Hall–Kier alpha value is -2.09. The molecule has 0 bridgehead atoms. The van der Waals surface area contributed by atoms with Crippen molar-refractivity contribution in [2.24, 2.45) is 0 Å². The number of carbonyl (C=O) groups excluding carboxylic acids is 1. The minimum absolute atomic E-state index is 0.0404. The number of nitrogens with one attached hydrogen (secondary N) is 1. The van der Waals surface area contributed by atoms with Crippen LogP contribution in [-0.2, 0) is 21.2 Å². The molecule has 0 atom stereocenters. The van der Waals surface area contributed by atoms with E-state index in [0.29, 0.717) is 30.4 Å². The summed E-state index contributed by atoms with van der Waals surface area (Å²) < 4.78 is 32.8. The molecule has 0 aliphatic carbocycles. The number of carbonyl (C=O) groups is 1. The molecule has 2 rings (SSSR count). The molecular formula is C20H25ClN2O4S. The van der Waals surface area contributed by atoms with Gasteiger partial charge in [0.25, 0.3) is 0 Å². The molecule has 0 aliphatic heterocycles. The predicted molar refractivity (Wildman–Crippen MR) is 112 cm³/mol. The fraction of sp³-hybridized carbons (Fsp3) is 0.350. The standard InChI is InChI=1S/C20H25ClN2O4S/c1-4-23(5-2)28(25,26)19-14-17(10-11-18(19)27-6-3)22-20(24)13-15-8-7-9-16(21)12-15/h7-12,14H,4-6,13H2,1-3H3,(H,22,24). The van der Waals surface area contributed by atoms with Crippen LogP contribution in [0.15, 0.2) is 47.4 Å². The number of amides is 1. The van der Waals surface area contributed by atoms with E-state index in [0.717, 1.165) is 5.56 Å². The molecule has 0 aliphatic rings. The van der Waals surface area contributed by atoms with Crippen LogP contribution in [0.5, 0.6) is 5.75 Å². The van der Waals surface area contributed by atoms with Crippen molar-refractivity contribution in [1.29, 1.82) is 0 Å². The van der Waals surface area contributed by atoms with Crippen molar-refractivity contribution in [2.45, 2.75) is 32.1 Å². The second kappa shape index (κ2) is 9.91. The zero-order valence-electron chi connectivity index (χ0n) is 16.2. The summed E-state index contributed by atoms with van der Waals surface area (Å²) in [5.74, 6) is -0.000135. The molecule has 0 saturated heterocycles. The largest absolute Gasteiger partial charge is 0.492 e. The third-order valence-corrected chi connectivity index (χ3v) is 6.41. The molecule has 28 heavy (non-hydrogen) atoms. The van der Waals surface area contributed by atoms with E-state index in [1.807, 2.05) is 0 Å². The van der Waals surface area contributed by atoms with Crippen LogP contribution in [-0.4, -0.2) is 38.3 Å². The van der Waals surface area contributed by atoms with Gasteiger partial charge in [-0.2, -0.15) is 4.31 Å². The highest BCUT2D eigenvalue weighted by atomic mass is 35.5. The highest BCUT2D eigenvalue weighted by Crippen LogP contribution is 2.30. The summed E-state index contributed by atoms with van der Waals surface area (Å²) >= 11 is 5.95. The van der Waals surface area contributed by atoms with Gasteiger partial charge in [-0.3, -0.25) is 4.79 Å². The Morgan fingerprint density at radius 3 is 2.43 bits per heavy atom. The van der Waals surface area contributed by atoms with Crippen LogP contribution in [0.3, 0.4) is 0 Å². The summed E-state index contributed by atoms with van der Waals surface area (Å²) in [6.07, 6.45) is 0.131. The zero-order valence-corrected chi connectivity index (χ0v) is 17.8. The van der Waals surface area contributed by atoms with E-state index in [1.165, 1.54) is 10.4 Å². The van der Waals surface area contributed by atoms with Crippen LogP contribution in [0.2, 0.25) is 5.02 Å². The number of hydrogen-bond donors (Lipinski definition) is 1. The van der Waals surface area contributed by atoms with Crippen molar-refractivity contribution >= 4 is 33.2 Å². The van der Waals surface area contributed by atoms with Crippen LogP contribution < -0.4 is 10.1 Å². The first kappa shape index (κ1) is 22.2. The molecule has 6 nitrogen and oxygen atoms in total. The molecular weight excluding hydrogens is 400 g/mol. The number of sulfonamides is 1. The maximum absolute atomic E-state index is 13.0. The van der Waals surface area contributed by atoms with E-state index < -0.39 is 10.0 Å². The summed E-state index contributed by atoms with van der Waals surface area (Å²) in [6, 6.07) is 11.7. The van der Waals surface area contributed by atoms with E-state index in [4.69, 9.17) is 16.3 Å². The average molecular weight is 425 g/mol. The lowest BCUT2D eigenvalue weighted by molar-refractivity contribution is -0.115. The van der Waals surface area contributed by atoms with Gasteiger partial charge in [0.1, 0.15) is 10.6 Å². The fourth-order valence-corrected chi connectivity index (χ4v) is 4.63. The van der Waals surface area contributed by atoms with Gasteiger partial charge in [0, 0.05) is 23.8 Å². The van der Waals surface area contributed by atoms with Gasteiger partial charge in [0.2, 0.25) is 15.9 Å². The third-order valence-electron chi connectivity index (χ3n) is 4.10. The molecule has 0 unspecified atom stereocenters. The quantitative estimate of drug-likeness (QED) is 0.661. The zero-order chi connectivity index (χ0) is 20.7. The molecule has 1 amide bonds. The monoisotopic (exact) mass is 424 g/mol. The van der Waals surface area contributed by atoms with E-state index in [1.54, 1.807) is 57.2 Å². The second-order valence-corrected chi connectivity index (χ2v) is 8.38. The molecule has 152 valence electrons. The van der Waals surface area contributed by atoms with Crippen molar-refractivity contribution in [1.82, 2.24) is 4.31 Å².